The van der Waals surface area contributed by atoms with E-state index in [2.05, 4.69) is 6.07 Å². The van der Waals surface area contributed by atoms with Gasteiger partial charge >= 0.3 is 5.97 Å². The van der Waals surface area contributed by atoms with Gasteiger partial charge in [-0.25, -0.2) is 0 Å². The average Bonchev–Trinajstić information content (AvgIpc) is 2.29. The molecule has 1 rings (SSSR count). The van der Waals surface area contributed by atoms with Crippen LogP contribution in [0.25, 0.3) is 0 Å². The summed E-state index contributed by atoms with van der Waals surface area (Å²) in [6, 6.07) is 9.42. The van der Waals surface area contributed by atoms with Crippen LogP contribution in [0.2, 0.25) is 5.02 Å². The maximum Gasteiger partial charge on any atom is 0.303 e. The Labute approximate surface area is 106 Å². The second-order valence-corrected chi connectivity index (χ2v) is 4.58. The Kier molecular flexibility index (Phi) is 4.53. The Balaban J connectivity index is 2.86. The van der Waals surface area contributed by atoms with Crippen LogP contribution in [0.3, 0.4) is 0 Å². The molecule has 1 unspecified atom stereocenters. The molecule has 17 heavy (non-hydrogen) atoms. The van der Waals surface area contributed by atoms with Crippen LogP contribution in [0, 0.1) is 11.3 Å². The van der Waals surface area contributed by atoms with E-state index in [0.29, 0.717) is 17.9 Å². The molecule has 0 radical (unpaired) electrons. The number of nitrogens with zero attached hydrogens (tertiary/aromatic N) is 1. The van der Waals surface area contributed by atoms with Gasteiger partial charge in [0.2, 0.25) is 0 Å². The number of carboxylic acid groups (broad SMARTS) is 1. The van der Waals surface area contributed by atoms with Crippen LogP contribution in [0.1, 0.15) is 31.7 Å². The summed E-state index contributed by atoms with van der Waals surface area (Å²) in [4.78, 5) is 10.5. The molecule has 0 bridgehead atoms. The first kappa shape index (κ1) is 13.5. The Hall–Kier alpha value is -1.53. The predicted molar refractivity (Wildman–Crippen MR) is 65.9 cm³/mol. The summed E-state index contributed by atoms with van der Waals surface area (Å²) in [5.74, 6) is -0.843. The molecule has 0 amide bonds. The first-order valence-electron chi connectivity index (χ1n) is 5.37. The van der Waals surface area contributed by atoms with Crippen molar-refractivity contribution in [2.24, 2.45) is 0 Å². The fourth-order valence-electron chi connectivity index (χ4n) is 1.75. The molecule has 1 aromatic carbocycles. The maximum atomic E-state index is 10.5. The first-order valence-corrected chi connectivity index (χ1v) is 5.75. The molecule has 4 heteroatoms. The molecular weight excluding hydrogens is 238 g/mol. The van der Waals surface area contributed by atoms with Crippen molar-refractivity contribution in [2.45, 2.75) is 31.6 Å². The number of hydrogen-bond acceptors (Lipinski definition) is 2. The number of carbonyl (C=O) groups is 1. The van der Waals surface area contributed by atoms with Gasteiger partial charge in [-0.3, -0.25) is 4.79 Å². The van der Waals surface area contributed by atoms with Gasteiger partial charge in [0.1, 0.15) is 0 Å². The van der Waals surface area contributed by atoms with Crippen LogP contribution in [-0.2, 0) is 10.2 Å². The van der Waals surface area contributed by atoms with Gasteiger partial charge in [0, 0.05) is 11.4 Å². The molecule has 0 aliphatic carbocycles. The highest BCUT2D eigenvalue weighted by Gasteiger charge is 2.28. The van der Waals surface area contributed by atoms with Crippen LogP contribution in [0.15, 0.2) is 24.3 Å². The highest BCUT2D eigenvalue weighted by molar-refractivity contribution is 6.31. The van der Waals surface area contributed by atoms with Crippen molar-refractivity contribution in [1.29, 1.82) is 5.26 Å². The van der Waals surface area contributed by atoms with Gasteiger partial charge in [0.25, 0.3) is 0 Å². The SMILES string of the molecule is CC(C#N)(CCCC(=O)O)c1ccccc1Cl. The Bertz CT molecular complexity index is 453. The number of carboxylic acids is 1. The number of rotatable bonds is 5. The second kappa shape index (κ2) is 5.70. The van der Waals surface area contributed by atoms with Crippen LogP contribution in [-0.4, -0.2) is 11.1 Å². The maximum absolute atomic E-state index is 10.5. The molecule has 1 aromatic rings. The van der Waals surface area contributed by atoms with E-state index in [9.17, 15) is 10.1 Å². The van der Waals surface area contributed by atoms with Gasteiger partial charge in [-0.15, -0.1) is 0 Å². The third-order valence-electron chi connectivity index (χ3n) is 2.78. The first-order chi connectivity index (χ1) is 7.99. The van der Waals surface area contributed by atoms with E-state index >= 15 is 0 Å². The summed E-state index contributed by atoms with van der Waals surface area (Å²) in [7, 11) is 0. The highest BCUT2D eigenvalue weighted by Crippen LogP contribution is 2.33. The smallest absolute Gasteiger partial charge is 0.303 e. The van der Waals surface area contributed by atoms with Crippen molar-refractivity contribution in [3.8, 4) is 6.07 Å². The molecular formula is C13H14ClNO2. The van der Waals surface area contributed by atoms with Gasteiger partial charge < -0.3 is 5.11 Å². The molecule has 0 heterocycles. The predicted octanol–water partition coefficient (Wildman–Crippen LogP) is 3.38. The summed E-state index contributed by atoms with van der Waals surface area (Å²) in [6.45, 7) is 1.79. The number of halogens is 1. The quantitative estimate of drug-likeness (QED) is 0.873. The summed E-state index contributed by atoms with van der Waals surface area (Å²) < 4.78 is 0. The fraction of sp³-hybridized carbons (Fsp3) is 0.385. The largest absolute Gasteiger partial charge is 0.481 e. The van der Waals surface area contributed by atoms with Crippen molar-refractivity contribution in [3.63, 3.8) is 0 Å². The van der Waals surface area contributed by atoms with E-state index in [1.54, 1.807) is 19.1 Å². The normalized spacial score (nSPS) is 13.7. The summed E-state index contributed by atoms with van der Waals surface area (Å²) in [5, 5.41) is 18.4. The Morgan fingerprint density at radius 3 is 2.71 bits per heavy atom. The lowest BCUT2D eigenvalue weighted by molar-refractivity contribution is -0.137. The average molecular weight is 252 g/mol. The van der Waals surface area contributed by atoms with E-state index in [1.807, 2.05) is 12.1 Å². The minimum atomic E-state index is -0.843. The van der Waals surface area contributed by atoms with Crippen molar-refractivity contribution in [3.05, 3.63) is 34.9 Å². The number of aliphatic carboxylic acids is 1. The summed E-state index contributed by atoms with van der Waals surface area (Å²) in [5.41, 5.74) is 0.0305. The summed E-state index contributed by atoms with van der Waals surface area (Å²) >= 11 is 6.06. The molecule has 0 fully saturated rings. The van der Waals surface area contributed by atoms with E-state index in [4.69, 9.17) is 16.7 Å². The molecule has 0 saturated carbocycles. The second-order valence-electron chi connectivity index (χ2n) is 4.17. The lowest BCUT2D eigenvalue weighted by Crippen LogP contribution is -2.20. The molecule has 0 aliphatic rings. The van der Waals surface area contributed by atoms with Gasteiger partial charge in [-0.1, -0.05) is 29.8 Å². The third kappa shape index (κ3) is 3.47. The molecule has 1 N–H and O–H groups in total. The van der Waals surface area contributed by atoms with Gasteiger partial charge in [-0.2, -0.15) is 5.26 Å². The third-order valence-corrected chi connectivity index (χ3v) is 3.11. The van der Waals surface area contributed by atoms with Crippen LogP contribution < -0.4 is 0 Å². The molecule has 3 nitrogen and oxygen atoms in total. The van der Waals surface area contributed by atoms with Crippen molar-refractivity contribution in [2.75, 3.05) is 0 Å². The molecule has 1 atom stereocenters. The monoisotopic (exact) mass is 251 g/mol. The van der Waals surface area contributed by atoms with E-state index in [1.165, 1.54) is 0 Å². The van der Waals surface area contributed by atoms with E-state index in [-0.39, 0.29) is 6.42 Å². The standard InChI is InChI=1S/C13H14ClNO2/c1-13(9-15,8-4-7-12(16)17)10-5-2-3-6-11(10)14/h2-3,5-6H,4,7-8H2,1H3,(H,16,17). The van der Waals surface area contributed by atoms with Crippen molar-refractivity contribution >= 4 is 17.6 Å². The fourth-order valence-corrected chi connectivity index (χ4v) is 2.10. The van der Waals surface area contributed by atoms with E-state index < -0.39 is 11.4 Å². The van der Waals surface area contributed by atoms with Gasteiger partial charge in [0.05, 0.1) is 11.5 Å². The van der Waals surface area contributed by atoms with Crippen LogP contribution in [0.4, 0.5) is 0 Å². The minimum Gasteiger partial charge on any atom is -0.481 e. The lowest BCUT2D eigenvalue weighted by atomic mass is 9.79. The zero-order valence-electron chi connectivity index (χ0n) is 9.61. The molecule has 0 aromatic heterocycles. The lowest BCUT2D eigenvalue weighted by Gasteiger charge is -2.22. The summed E-state index contributed by atoms with van der Waals surface area (Å²) in [6.07, 6.45) is 1.02. The van der Waals surface area contributed by atoms with Crippen molar-refractivity contribution < 1.29 is 9.90 Å². The molecule has 90 valence electrons. The molecule has 0 aliphatic heterocycles. The van der Waals surface area contributed by atoms with Crippen molar-refractivity contribution in [1.82, 2.24) is 0 Å². The molecule has 0 spiro atoms. The zero-order valence-corrected chi connectivity index (χ0v) is 10.4. The zero-order chi connectivity index (χ0) is 12.9. The van der Waals surface area contributed by atoms with E-state index in [0.717, 1.165) is 5.56 Å². The topological polar surface area (TPSA) is 61.1 Å². The van der Waals surface area contributed by atoms with Crippen LogP contribution >= 0.6 is 11.6 Å². The Morgan fingerprint density at radius 1 is 1.53 bits per heavy atom. The van der Waals surface area contributed by atoms with Crippen LogP contribution in [0.5, 0.6) is 0 Å². The van der Waals surface area contributed by atoms with Gasteiger partial charge in [-0.05, 0) is 31.4 Å². The highest BCUT2D eigenvalue weighted by atomic mass is 35.5. The van der Waals surface area contributed by atoms with Gasteiger partial charge in [0.15, 0.2) is 0 Å². The minimum absolute atomic E-state index is 0.0712. The molecule has 0 saturated heterocycles. The Morgan fingerprint density at radius 2 is 2.18 bits per heavy atom. The number of benzene rings is 1. The number of hydrogen-bond donors (Lipinski definition) is 1. The number of nitriles is 1.